The van der Waals surface area contributed by atoms with Crippen LogP contribution in [0.1, 0.15) is 38.3 Å². The first-order valence-electron chi connectivity index (χ1n) is 9.04. The van der Waals surface area contributed by atoms with Gasteiger partial charge in [-0.05, 0) is 68.7 Å². The molecule has 2 aromatic rings. The third-order valence-electron chi connectivity index (χ3n) is 4.59. The van der Waals surface area contributed by atoms with Crippen molar-refractivity contribution in [1.29, 1.82) is 0 Å². The van der Waals surface area contributed by atoms with Crippen molar-refractivity contribution < 1.29 is 14.3 Å². The van der Waals surface area contributed by atoms with E-state index in [2.05, 4.69) is 28.1 Å². The molecule has 2 atom stereocenters. The number of ether oxygens (including phenoxy) is 2. The Morgan fingerprint density at radius 2 is 1.81 bits per heavy atom. The third-order valence-corrected chi connectivity index (χ3v) is 5.11. The number of carbonyl (C=O) groups excluding carboxylic acids is 1. The summed E-state index contributed by atoms with van der Waals surface area (Å²) in [6, 6.07) is 15.7. The van der Waals surface area contributed by atoms with Crippen LogP contribution in [0, 0.1) is 0 Å². The summed E-state index contributed by atoms with van der Waals surface area (Å²) in [5, 5.41) is 0. The normalized spacial score (nSPS) is 17.8. The van der Waals surface area contributed by atoms with Gasteiger partial charge in [-0.3, -0.25) is 4.79 Å². The first kappa shape index (κ1) is 18.8. The van der Waals surface area contributed by atoms with E-state index < -0.39 is 6.10 Å². The molecule has 1 saturated heterocycles. The average Bonchev–Trinajstić information content (AvgIpc) is 3.13. The van der Waals surface area contributed by atoms with Gasteiger partial charge in [-0.15, -0.1) is 0 Å². The van der Waals surface area contributed by atoms with Crippen LogP contribution in [0.5, 0.6) is 11.5 Å². The zero-order valence-electron chi connectivity index (χ0n) is 15.2. The SMILES string of the molecule is CCOc1ccc(C2CCCN2C(=O)C(C)Oc2ccc(Br)cc2)cc1. The van der Waals surface area contributed by atoms with Crippen LogP contribution < -0.4 is 9.47 Å². The van der Waals surface area contributed by atoms with Crippen LogP contribution in [0.25, 0.3) is 0 Å². The molecule has 3 rings (SSSR count). The van der Waals surface area contributed by atoms with Gasteiger partial charge in [-0.2, -0.15) is 0 Å². The molecule has 0 radical (unpaired) electrons. The minimum Gasteiger partial charge on any atom is -0.494 e. The summed E-state index contributed by atoms with van der Waals surface area (Å²) in [6.45, 7) is 5.21. The van der Waals surface area contributed by atoms with Gasteiger partial charge in [-0.25, -0.2) is 0 Å². The molecule has 4 nitrogen and oxygen atoms in total. The van der Waals surface area contributed by atoms with Gasteiger partial charge in [0.05, 0.1) is 12.6 Å². The lowest BCUT2D eigenvalue weighted by atomic mass is 10.0. The molecule has 0 aliphatic carbocycles. The monoisotopic (exact) mass is 417 g/mol. The molecule has 1 heterocycles. The van der Waals surface area contributed by atoms with Crippen LogP contribution in [0.3, 0.4) is 0 Å². The van der Waals surface area contributed by atoms with Crippen molar-refractivity contribution in [2.45, 2.75) is 38.8 Å². The third kappa shape index (κ3) is 4.39. The maximum atomic E-state index is 12.9. The van der Waals surface area contributed by atoms with Crippen molar-refractivity contribution >= 4 is 21.8 Å². The Bertz CT molecular complexity index is 730. The Hall–Kier alpha value is -2.01. The Balaban J connectivity index is 1.68. The molecule has 1 aliphatic rings. The van der Waals surface area contributed by atoms with E-state index in [1.54, 1.807) is 0 Å². The van der Waals surface area contributed by atoms with Crippen LogP contribution in [0.2, 0.25) is 0 Å². The molecule has 0 spiro atoms. The van der Waals surface area contributed by atoms with Crippen molar-refractivity contribution in [3.63, 3.8) is 0 Å². The summed E-state index contributed by atoms with van der Waals surface area (Å²) in [5.41, 5.74) is 1.15. The summed E-state index contributed by atoms with van der Waals surface area (Å²) in [6.07, 6.45) is 1.47. The molecule has 0 saturated carbocycles. The Morgan fingerprint density at radius 1 is 1.15 bits per heavy atom. The number of carbonyl (C=O) groups is 1. The Kier molecular flexibility index (Phi) is 6.20. The van der Waals surface area contributed by atoms with Crippen molar-refractivity contribution in [1.82, 2.24) is 4.90 Å². The number of hydrogen-bond acceptors (Lipinski definition) is 3. The van der Waals surface area contributed by atoms with Crippen molar-refractivity contribution in [3.05, 3.63) is 58.6 Å². The molecule has 1 aliphatic heterocycles. The summed E-state index contributed by atoms with van der Waals surface area (Å²) in [5.74, 6) is 1.59. The molecule has 1 fully saturated rings. The number of likely N-dealkylation sites (tertiary alicyclic amines) is 1. The van der Waals surface area contributed by atoms with E-state index in [9.17, 15) is 4.79 Å². The van der Waals surface area contributed by atoms with Gasteiger partial charge in [0.1, 0.15) is 11.5 Å². The highest BCUT2D eigenvalue weighted by Gasteiger charge is 2.33. The lowest BCUT2D eigenvalue weighted by Crippen LogP contribution is -2.40. The highest BCUT2D eigenvalue weighted by Crippen LogP contribution is 2.33. The van der Waals surface area contributed by atoms with Crippen LogP contribution in [-0.2, 0) is 4.79 Å². The standard InChI is InChI=1S/C21H24BrNO3/c1-3-25-18-10-6-16(7-11-18)20-5-4-14-23(20)21(24)15(2)26-19-12-8-17(22)9-13-19/h6-13,15,20H,3-5,14H2,1-2H3. The molecule has 0 bridgehead atoms. The smallest absolute Gasteiger partial charge is 0.263 e. The summed E-state index contributed by atoms with van der Waals surface area (Å²) in [4.78, 5) is 14.9. The van der Waals surface area contributed by atoms with Gasteiger partial charge in [0.15, 0.2) is 6.10 Å². The van der Waals surface area contributed by atoms with Crippen LogP contribution in [0.4, 0.5) is 0 Å². The van der Waals surface area contributed by atoms with Gasteiger partial charge >= 0.3 is 0 Å². The predicted octanol–water partition coefficient (Wildman–Crippen LogP) is 4.98. The molecule has 26 heavy (non-hydrogen) atoms. The van der Waals surface area contributed by atoms with E-state index in [0.717, 1.165) is 35.2 Å². The first-order valence-corrected chi connectivity index (χ1v) is 9.83. The topological polar surface area (TPSA) is 38.8 Å². The van der Waals surface area contributed by atoms with Crippen LogP contribution >= 0.6 is 15.9 Å². The molecule has 5 heteroatoms. The second-order valence-electron chi connectivity index (χ2n) is 6.41. The Morgan fingerprint density at radius 3 is 2.46 bits per heavy atom. The van der Waals surface area contributed by atoms with Gasteiger partial charge < -0.3 is 14.4 Å². The number of halogens is 1. The first-order chi connectivity index (χ1) is 12.6. The minimum absolute atomic E-state index is 0.0318. The molecular formula is C21H24BrNO3. The summed E-state index contributed by atoms with van der Waals surface area (Å²) < 4.78 is 12.3. The van der Waals surface area contributed by atoms with Gasteiger partial charge in [-0.1, -0.05) is 28.1 Å². The maximum absolute atomic E-state index is 12.9. The van der Waals surface area contributed by atoms with E-state index in [1.807, 2.05) is 55.1 Å². The van der Waals surface area contributed by atoms with Gasteiger partial charge in [0, 0.05) is 11.0 Å². The predicted molar refractivity (Wildman–Crippen MR) is 106 cm³/mol. The molecule has 1 amide bonds. The second kappa shape index (κ2) is 8.58. The molecule has 0 aromatic heterocycles. The molecule has 0 N–H and O–H groups in total. The largest absolute Gasteiger partial charge is 0.494 e. The van der Waals surface area contributed by atoms with E-state index >= 15 is 0 Å². The fraction of sp³-hybridized carbons (Fsp3) is 0.381. The fourth-order valence-corrected chi connectivity index (χ4v) is 3.60. The summed E-state index contributed by atoms with van der Waals surface area (Å²) in [7, 11) is 0. The van der Waals surface area contributed by atoms with E-state index in [-0.39, 0.29) is 11.9 Å². The number of nitrogens with zero attached hydrogens (tertiary/aromatic N) is 1. The van der Waals surface area contributed by atoms with Crippen molar-refractivity contribution in [3.8, 4) is 11.5 Å². The van der Waals surface area contributed by atoms with Crippen LogP contribution in [0.15, 0.2) is 53.0 Å². The van der Waals surface area contributed by atoms with Crippen LogP contribution in [-0.4, -0.2) is 30.1 Å². The highest BCUT2D eigenvalue weighted by atomic mass is 79.9. The van der Waals surface area contributed by atoms with Crippen molar-refractivity contribution in [2.24, 2.45) is 0 Å². The van der Waals surface area contributed by atoms with Crippen molar-refractivity contribution in [2.75, 3.05) is 13.2 Å². The number of benzene rings is 2. The van der Waals surface area contributed by atoms with Gasteiger partial charge in [0.25, 0.3) is 5.91 Å². The summed E-state index contributed by atoms with van der Waals surface area (Å²) >= 11 is 3.40. The highest BCUT2D eigenvalue weighted by molar-refractivity contribution is 9.10. The molecule has 2 unspecified atom stereocenters. The molecule has 138 valence electrons. The lowest BCUT2D eigenvalue weighted by Gasteiger charge is -2.28. The fourth-order valence-electron chi connectivity index (χ4n) is 3.33. The lowest BCUT2D eigenvalue weighted by molar-refractivity contribution is -0.138. The number of rotatable bonds is 6. The van der Waals surface area contributed by atoms with E-state index in [4.69, 9.17) is 9.47 Å². The Labute approximate surface area is 163 Å². The zero-order chi connectivity index (χ0) is 18.5. The maximum Gasteiger partial charge on any atom is 0.263 e. The van der Waals surface area contributed by atoms with E-state index in [0.29, 0.717) is 12.4 Å². The zero-order valence-corrected chi connectivity index (χ0v) is 16.7. The molecular weight excluding hydrogens is 394 g/mol. The molecule has 2 aromatic carbocycles. The number of amides is 1. The number of hydrogen-bond donors (Lipinski definition) is 0. The minimum atomic E-state index is -0.514. The van der Waals surface area contributed by atoms with E-state index in [1.165, 1.54) is 0 Å². The average molecular weight is 418 g/mol. The quantitative estimate of drug-likeness (QED) is 0.664. The van der Waals surface area contributed by atoms with Gasteiger partial charge in [0.2, 0.25) is 0 Å². The second-order valence-corrected chi connectivity index (χ2v) is 7.32.